The lowest BCUT2D eigenvalue weighted by atomic mass is 10.0. The van der Waals surface area contributed by atoms with Crippen LogP contribution in [0.5, 0.6) is 0 Å². The minimum Gasteiger partial charge on any atom is -0.455 e. The molecule has 12 rings (SSSR count). The van der Waals surface area contributed by atoms with Crippen molar-refractivity contribution in [1.29, 1.82) is 0 Å². The molecule has 256 valence electrons. The van der Waals surface area contributed by atoms with Crippen molar-refractivity contribution >= 4 is 86.2 Å². The number of thiophene rings is 1. The van der Waals surface area contributed by atoms with Gasteiger partial charge in [-0.05, 0) is 69.4 Å². The van der Waals surface area contributed by atoms with Crippen molar-refractivity contribution in [2.24, 2.45) is 0 Å². The molecule has 0 atom stereocenters. The smallest absolute Gasteiger partial charge is 0.235 e. The Morgan fingerprint density at radius 2 is 1.09 bits per heavy atom. The van der Waals surface area contributed by atoms with Crippen molar-refractivity contribution in [1.82, 2.24) is 14.5 Å². The zero-order valence-corrected chi connectivity index (χ0v) is 30.2. The molecule has 0 bridgehead atoms. The van der Waals surface area contributed by atoms with Gasteiger partial charge in [0.25, 0.3) is 0 Å². The molecule has 0 unspecified atom stereocenters. The summed E-state index contributed by atoms with van der Waals surface area (Å²) in [6, 6.07) is 62.3. The fraction of sp³-hybridized carbons (Fsp3) is 0. The Morgan fingerprint density at radius 3 is 1.91 bits per heavy atom. The highest BCUT2D eigenvalue weighted by atomic mass is 32.1. The van der Waals surface area contributed by atoms with Gasteiger partial charge < -0.3 is 4.42 Å². The summed E-state index contributed by atoms with van der Waals surface area (Å²) < 4.78 is 11.4. The Morgan fingerprint density at radius 1 is 0.455 bits per heavy atom. The van der Waals surface area contributed by atoms with Gasteiger partial charge in [0.15, 0.2) is 0 Å². The van der Waals surface area contributed by atoms with E-state index in [2.05, 4.69) is 180 Å². The van der Waals surface area contributed by atoms with Crippen LogP contribution in [0, 0.1) is 0 Å². The van der Waals surface area contributed by atoms with E-state index in [0.717, 1.165) is 76.2 Å². The van der Waals surface area contributed by atoms with Gasteiger partial charge >= 0.3 is 0 Å². The summed E-state index contributed by atoms with van der Waals surface area (Å²) in [4.78, 5) is 10.9. The summed E-state index contributed by atoms with van der Waals surface area (Å²) in [7, 11) is 0. The van der Waals surface area contributed by atoms with Crippen molar-refractivity contribution in [2.75, 3.05) is 0 Å². The standard InChI is InChI=1S/C50H29N3OS/c1-3-11-30(12-4-1)32-19-21-34(22-20-32)46-49-47(38-17-9-10-18-43(38)55-49)52-50(51-46)53-40-26-23-33-15-7-8-16-36(33)44(40)45-41(53)27-25-37-39-29-35(31-13-5-2-6-14-31)24-28-42(39)54-48(37)45/h1-29H. The Balaban J connectivity index is 1.16. The summed E-state index contributed by atoms with van der Waals surface area (Å²) >= 11 is 1.75. The monoisotopic (exact) mass is 719 g/mol. The van der Waals surface area contributed by atoms with E-state index in [-0.39, 0.29) is 0 Å². The molecule has 0 saturated heterocycles. The van der Waals surface area contributed by atoms with E-state index in [0.29, 0.717) is 5.95 Å². The van der Waals surface area contributed by atoms with Gasteiger partial charge in [0.1, 0.15) is 11.2 Å². The van der Waals surface area contributed by atoms with E-state index < -0.39 is 0 Å². The van der Waals surface area contributed by atoms with Crippen LogP contribution in [0.15, 0.2) is 180 Å². The Bertz CT molecular complexity index is 3470. The summed E-state index contributed by atoms with van der Waals surface area (Å²) in [6.45, 7) is 0. The number of aromatic nitrogens is 3. The third-order valence-electron chi connectivity index (χ3n) is 11.0. The molecule has 0 N–H and O–H groups in total. The quantitative estimate of drug-likeness (QED) is 0.182. The van der Waals surface area contributed by atoms with Gasteiger partial charge in [-0.2, -0.15) is 0 Å². The zero-order chi connectivity index (χ0) is 36.0. The number of benzene rings is 8. The molecule has 4 heterocycles. The fourth-order valence-corrected chi connectivity index (χ4v) is 9.60. The average Bonchev–Trinajstić information content (AvgIpc) is 3.93. The van der Waals surface area contributed by atoms with Crippen molar-refractivity contribution in [2.45, 2.75) is 0 Å². The molecule has 0 saturated carbocycles. The molecule has 0 spiro atoms. The summed E-state index contributed by atoms with van der Waals surface area (Å²) in [5, 5.41) is 7.86. The van der Waals surface area contributed by atoms with Crippen LogP contribution in [0.1, 0.15) is 0 Å². The van der Waals surface area contributed by atoms with Crippen molar-refractivity contribution in [3.05, 3.63) is 176 Å². The lowest BCUT2D eigenvalue weighted by molar-refractivity contribution is 0.673. The molecule has 0 aliphatic heterocycles. The number of nitrogens with zero attached hydrogens (tertiary/aromatic N) is 3. The first-order valence-electron chi connectivity index (χ1n) is 18.5. The topological polar surface area (TPSA) is 43.9 Å². The lowest BCUT2D eigenvalue weighted by Gasteiger charge is -2.11. The van der Waals surface area contributed by atoms with E-state index in [4.69, 9.17) is 14.4 Å². The highest BCUT2D eigenvalue weighted by Gasteiger charge is 2.24. The fourth-order valence-electron chi connectivity index (χ4n) is 8.45. The van der Waals surface area contributed by atoms with E-state index in [1.807, 2.05) is 0 Å². The second kappa shape index (κ2) is 11.7. The highest BCUT2D eigenvalue weighted by molar-refractivity contribution is 7.26. The molecule has 0 fully saturated rings. The second-order valence-electron chi connectivity index (χ2n) is 14.1. The van der Waals surface area contributed by atoms with E-state index in [1.165, 1.54) is 32.2 Å². The van der Waals surface area contributed by atoms with Crippen LogP contribution >= 0.6 is 11.3 Å². The first-order valence-corrected chi connectivity index (χ1v) is 19.3. The molecular weight excluding hydrogens is 691 g/mol. The van der Waals surface area contributed by atoms with Gasteiger partial charge in [-0.3, -0.25) is 4.57 Å². The molecule has 4 aromatic heterocycles. The SMILES string of the molecule is c1ccc(-c2ccc(-c3nc(-n4c5ccc6ccccc6c5c5c6oc7ccc(-c8ccccc8)cc7c6ccc54)nc4c3sc3ccccc34)cc2)cc1. The van der Waals surface area contributed by atoms with Gasteiger partial charge in [-0.25, -0.2) is 9.97 Å². The van der Waals surface area contributed by atoms with Crippen LogP contribution in [0.2, 0.25) is 0 Å². The molecular formula is C50H29N3OS. The molecule has 0 aliphatic carbocycles. The summed E-state index contributed by atoms with van der Waals surface area (Å²) in [5.41, 5.74) is 11.4. The van der Waals surface area contributed by atoms with E-state index >= 15 is 0 Å². The van der Waals surface area contributed by atoms with Crippen LogP contribution in [0.25, 0.3) is 114 Å². The lowest BCUT2D eigenvalue weighted by Crippen LogP contribution is -2.02. The van der Waals surface area contributed by atoms with Crippen molar-refractivity contribution < 1.29 is 4.42 Å². The van der Waals surface area contributed by atoms with E-state index in [1.54, 1.807) is 11.3 Å². The van der Waals surface area contributed by atoms with Crippen LogP contribution in [0.3, 0.4) is 0 Å². The molecule has 4 nitrogen and oxygen atoms in total. The number of hydrogen-bond donors (Lipinski definition) is 0. The first kappa shape index (κ1) is 30.4. The minimum absolute atomic E-state index is 0.635. The van der Waals surface area contributed by atoms with Gasteiger partial charge in [0, 0.05) is 31.8 Å². The average molecular weight is 720 g/mol. The predicted octanol–water partition coefficient (Wildman–Crippen LogP) is 14.0. The first-order chi connectivity index (χ1) is 27.3. The highest BCUT2D eigenvalue weighted by Crippen LogP contribution is 2.45. The molecule has 12 aromatic rings. The number of rotatable bonds is 4. The normalized spacial score (nSPS) is 12.0. The largest absolute Gasteiger partial charge is 0.455 e. The van der Waals surface area contributed by atoms with Gasteiger partial charge in [0.2, 0.25) is 5.95 Å². The minimum atomic E-state index is 0.635. The van der Waals surface area contributed by atoms with Crippen molar-refractivity contribution in [3.63, 3.8) is 0 Å². The van der Waals surface area contributed by atoms with Gasteiger partial charge in [-0.1, -0.05) is 140 Å². The van der Waals surface area contributed by atoms with Crippen LogP contribution in [-0.4, -0.2) is 14.5 Å². The molecule has 0 aliphatic rings. The van der Waals surface area contributed by atoms with Crippen LogP contribution < -0.4 is 0 Å². The molecule has 0 amide bonds. The van der Waals surface area contributed by atoms with Gasteiger partial charge in [0.05, 0.1) is 32.3 Å². The molecule has 0 radical (unpaired) electrons. The third-order valence-corrected chi connectivity index (χ3v) is 12.2. The molecule has 5 heteroatoms. The number of fused-ring (bicyclic) bond motifs is 12. The Hall–Kier alpha value is -7.08. The number of hydrogen-bond acceptors (Lipinski definition) is 4. The third kappa shape index (κ3) is 4.57. The van der Waals surface area contributed by atoms with Crippen molar-refractivity contribution in [3.8, 4) is 39.5 Å². The van der Waals surface area contributed by atoms with Crippen LogP contribution in [-0.2, 0) is 0 Å². The maximum absolute atomic E-state index is 6.87. The predicted molar refractivity (Wildman–Crippen MR) is 230 cm³/mol. The van der Waals surface area contributed by atoms with E-state index in [9.17, 15) is 0 Å². The maximum Gasteiger partial charge on any atom is 0.235 e. The molecule has 55 heavy (non-hydrogen) atoms. The van der Waals surface area contributed by atoms with Crippen LogP contribution in [0.4, 0.5) is 0 Å². The number of furan rings is 1. The second-order valence-corrected chi connectivity index (χ2v) is 15.2. The summed E-state index contributed by atoms with van der Waals surface area (Å²) in [6.07, 6.45) is 0. The summed E-state index contributed by atoms with van der Waals surface area (Å²) in [5.74, 6) is 0.635. The zero-order valence-electron chi connectivity index (χ0n) is 29.4. The maximum atomic E-state index is 6.87. The Labute approximate surface area is 319 Å². The Kier molecular flexibility index (Phi) is 6.47. The molecule has 8 aromatic carbocycles. The van der Waals surface area contributed by atoms with Gasteiger partial charge in [-0.15, -0.1) is 11.3 Å².